The zero-order valence-corrected chi connectivity index (χ0v) is 14.9. The highest BCUT2D eigenvalue weighted by Gasteiger charge is 2.29. The first kappa shape index (κ1) is 18.4. The van der Waals surface area contributed by atoms with Crippen molar-refractivity contribution in [3.8, 4) is 0 Å². The fraction of sp³-hybridized carbons (Fsp3) is 0.533. The van der Waals surface area contributed by atoms with Gasteiger partial charge in [0.15, 0.2) is 0 Å². The summed E-state index contributed by atoms with van der Waals surface area (Å²) in [6.45, 7) is 9.05. The highest BCUT2D eigenvalue weighted by Crippen LogP contribution is 2.29. The van der Waals surface area contributed by atoms with Crippen LogP contribution in [0.15, 0.2) is 22.7 Å². The van der Waals surface area contributed by atoms with Gasteiger partial charge in [-0.25, -0.2) is 4.79 Å². The van der Waals surface area contributed by atoms with Crippen molar-refractivity contribution in [1.29, 1.82) is 0 Å². The number of nitrogens with one attached hydrogen (secondary N) is 1. The van der Waals surface area contributed by atoms with Crippen LogP contribution in [0.3, 0.4) is 0 Å². The Morgan fingerprint density at radius 1 is 1.36 bits per heavy atom. The standard InChI is InChI=1S/C15H21BrN2O4/c1-9(2)13(14(19)22-15(3,4)5)17-11-8-10(16)6-7-12(11)18(20)21/h6-9,13,17H,1-5H3/t13-/m0/s1. The molecule has 6 nitrogen and oxygen atoms in total. The van der Waals surface area contributed by atoms with Crippen LogP contribution in [-0.4, -0.2) is 22.5 Å². The van der Waals surface area contributed by atoms with E-state index in [1.807, 2.05) is 13.8 Å². The molecule has 0 fully saturated rings. The highest BCUT2D eigenvalue weighted by atomic mass is 79.9. The Kier molecular flexibility index (Phi) is 5.93. The van der Waals surface area contributed by atoms with Gasteiger partial charge < -0.3 is 10.1 Å². The number of hydrogen-bond donors (Lipinski definition) is 1. The van der Waals surface area contributed by atoms with Crippen LogP contribution in [0, 0.1) is 16.0 Å². The van der Waals surface area contributed by atoms with Crippen LogP contribution in [-0.2, 0) is 9.53 Å². The summed E-state index contributed by atoms with van der Waals surface area (Å²) in [6.07, 6.45) is 0. The molecule has 1 rings (SSSR count). The fourth-order valence-corrected chi connectivity index (χ4v) is 2.17. The molecule has 1 atom stereocenters. The van der Waals surface area contributed by atoms with Crippen molar-refractivity contribution >= 4 is 33.3 Å². The molecule has 0 unspecified atom stereocenters. The monoisotopic (exact) mass is 372 g/mol. The number of ether oxygens (including phenoxy) is 1. The van der Waals surface area contributed by atoms with Gasteiger partial charge in [0.2, 0.25) is 0 Å². The predicted octanol–water partition coefficient (Wildman–Crippen LogP) is 4.14. The Morgan fingerprint density at radius 3 is 2.41 bits per heavy atom. The van der Waals surface area contributed by atoms with Gasteiger partial charge in [-0.05, 0) is 38.8 Å². The summed E-state index contributed by atoms with van der Waals surface area (Å²) >= 11 is 3.28. The molecular formula is C15H21BrN2O4. The summed E-state index contributed by atoms with van der Waals surface area (Å²) in [4.78, 5) is 22.9. The molecule has 0 saturated heterocycles. The van der Waals surface area contributed by atoms with Crippen molar-refractivity contribution in [1.82, 2.24) is 0 Å². The van der Waals surface area contributed by atoms with E-state index in [0.29, 0.717) is 4.47 Å². The number of halogens is 1. The molecule has 0 aliphatic heterocycles. The van der Waals surface area contributed by atoms with E-state index in [1.54, 1.807) is 32.9 Å². The minimum Gasteiger partial charge on any atom is -0.458 e. The first-order valence-corrected chi connectivity index (χ1v) is 7.74. The average molecular weight is 373 g/mol. The maximum absolute atomic E-state index is 12.3. The van der Waals surface area contributed by atoms with Gasteiger partial charge in [0.25, 0.3) is 5.69 Å². The number of nitro benzene ring substituents is 1. The lowest BCUT2D eigenvalue weighted by Crippen LogP contribution is -2.40. The van der Waals surface area contributed by atoms with Crippen LogP contribution in [0.2, 0.25) is 0 Å². The lowest BCUT2D eigenvalue weighted by atomic mass is 10.0. The molecule has 0 bridgehead atoms. The van der Waals surface area contributed by atoms with Crippen LogP contribution < -0.4 is 5.32 Å². The van der Waals surface area contributed by atoms with Gasteiger partial charge in [0.1, 0.15) is 17.3 Å². The summed E-state index contributed by atoms with van der Waals surface area (Å²) in [5.41, 5.74) is -0.420. The summed E-state index contributed by atoms with van der Waals surface area (Å²) in [6, 6.07) is 3.88. The largest absolute Gasteiger partial charge is 0.458 e. The summed E-state index contributed by atoms with van der Waals surface area (Å²) < 4.78 is 6.07. The Labute approximate surface area is 138 Å². The Hall–Kier alpha value is -1.63. The first-order chi connectivity index (χ1) is 10.0. The molecule has 1 aromatic carbocycles. The average Bonchev–Trinajstić information content (AvgIpc) is 2.32. The number of carbonyl (C=O) groups excluding carboxylic acids is 1. The Bertz CT molecular complexity index is 567. The lowest BCUT2D eigenvalue weighted by Gasteiger charge is -2.27. The molecule has 1 N–H and O–H groups in total. The van der Waals surface area contributed by atoms with E-state index in [4.69, 9.17) is 4.74 Å². The second-order valence-electron chi connectivity index (χ2n) is 6.32. The molecule has 122 valence electrons. The second-order valence-corrected chi connectivity index (χ2v) is 7.23. The van der Waals surface area contributed by atoms with Crippen molar-refractivity contribution in [3.63, 3.8) is 0 Å². The smallest absolute Gasteiger partial charge is 0.329 e. The normalized spacial score (nSPS) is 12.9. The van der Waals surface area contributed by atoms with Gasteiger partial charge in [-0.2, -0.15) is 0 Å². The SMILES string of the molecule is CC(C)[C@H](Nc1cc(Br)ccc1[N+](=O)[O-])C(=O)OC(C)(C)C. The number of hydrogen-bond acceptors (Lipinski definition) is 5. The molecule has 0 aromatic heterocycles. The van der Waals surface area contributed by atoms with Crippen molar-refractivity contribution < 1.29 is 14.5 Å². The van der Waals surface area contributed by atoms with Crippen LogP contribution in [0.25, 0.3) is 0 Å². The van der Waals surface area contributed by atoms with Crippen LogP contribution in [0.1, 0.15) is 34.6 Å². The molecular weight excluding hydrogens is 352 g/mol. The molecule has 0 heterocycles. The molecule has 0 aliphatic rings. The maximum Gasteiger partial charge on any atom is 0.329 e. The second kappa shape index (κ2) is 7.09. The number of nitro groups is 1. The van der Waals surface area contributed by atoms with E-state index >= 15 is 0 Å². The number of carbonyl (C=O) groups is 1. The number of rotatable bonds is 5. The quantitative estimate of drug-likeness (QED) is 0.477. The third kappa shape index (κ3) is 5.29. The fourth-order valence-electron chi connectivity index (χ4n) is 1.81. The lowest BCUT2D eigenvalue weighted by molar-refractivity contribution is -0.384. The molecule has 0 aliphatic carbocycles. The Balaban J connectivity index is 3.09. The van der Waals surface area contributed by atoms with Crippen molar-refractivity contribution in [2.45, 2.75) is 46.3 Å². The molecule has 1 aromatic rings. The van der Waals surface area contributed by atoms with Crippen molar-refractivity contribution in [2.24, 2.45) is 5.92 Å². The van der Waals surface area contributed by atoms with Gasteiger partial charge in [-0.15, -0.1) is 0 Å². The first-order valence-electron chi connectivity index (χ1n) is 6.94. The topological polar surface area (TPSA) is 81.5 Å². The van der Waals surface area contributed by atoms with Gasteiger partial charge in [0.05, 0.1) is 4.92 Å². The van der Waals surface area contributed by atoms with E-state index in [9.17, 15) is 14.9 Å². The van der Waals surface area contributed by atoms with Crippen LogP contribution in [0.4, 0.5) is 11.4 Å². The van der Waals surface area contributed by atoms with E-state index in [1.165, 1.54) is 6.07 Å². The number of anilines is 1. The third-order valence-corrected chi connectivity index (χ3v) is 3.29. The van der Waals surface area contributed by atoms with Crippen LogP contribution >= 0.6 is 15.9 Å². The predicted molar refractivity (Wildman–Crippen MR) is 88.9 cm³/mol. The molecule has 0 spiro atoms. The van der Waals surface area contributed by atoms with Gasteiger partial charge in [-0.1, -0.05) is 29.8 Å². The highest BCUT2D eigenvalue weighted by molar-refractivity contribution is 9.10. The number of nitrogens with zero attached hydrogens (tertiary/aromatic N) is 1. The van der Waals surface area contributed by atoms with E-state index in [2.05, 4.69) is 21.2 Å². The molecule has 0 amide bonds. The minimum absolute atomic E-state index is 0.0857. The molecule has 22 heavy (non-hydrogen) atoms. The van der Waals surface area contributed by atoms with Gasteiger partial charge >= 0.3 is 5.97 Å². The Morgan fingerprint density at radius 2 is 1.95 bits per heavy atom. The maximum atomic E-state index is 12.3. The van der Waals surface area contributed by atoms with E-state index in [-0.39, 0.29) is 17.3 Å². The van der Waals surface area contributed by atoms with Gasteiger partial charge in [0, 0.05) is 10.5 Å². The zero-order valence-electron chi connectivity index (χ0n) is 13.3. The zero-order chi connectivity index (χ0) is 17.1. The van der Waals surface area contributed by atoms with Gasteiger partial charge in [-0.3, -0.25) is 10.1 Å². The van der Waals surface area contributed by atoms with Crippen molar-refractivity contribution in [3.05, 3.63) is 32.8 Å². The summed E-state index contributed by atoms with van der Waals surface area (Å²) in [5.74, 6) is -0.523. The molecule has 0 radical (unpaired) electrons. The summed E-state index contributed by atoms with van der Waals surface area (Å²) in [7, 11) is 0. The molecule has 7 heteroatoms. The summed E-state index contributed by atoms with van der Waals surface area (Å²) in [5, 5.41) is 14.1. The third-order valence-electron chi connectivity index (χ3n) is 2.79. The number of benzene rings is 1. The molecule has 0 saturated carbocycles. The van der Waals surface area contributed by atoms with E-state index < -0.39 is 22.5 Å². The minimum atomic E-state index is -0.674. The number of esters is 1. The van der Waals surface area contributed by atoms with Crippen LogP contribution in [0.5, 0.6) is 0 Å². The van der Waals surface area contributed by atoms with E-state index in [0.717, 1.165) is 0 Å². The van der Waals surface area contributed by atoms with Crippen molar-refractivity contribution in [2.75, 3.05) is 5.32 Å².